The van der Waals surface area contributed by atoms with Crippen molar-refractivity contribution in [2.24, 2.45) is 0 Å². The fourth-order valence-electron chi connectivity index (χ4n) is 3.43. The topological polar surface area (TPSA) is 69.9 Å². The summed E-state index contributed by atoms with van der Waals surface area (Å²) in [6.45, 7) is 5.92. The Labute approximate surface area is 171 Å². The number of hydrogen-bond acceptors (Lipinski definition) is 4. The maximum atomic E-state index is 13.0. The van der Waals surface area contributed by atoms with Gasteiger partial charge in [0.25, 0.3) is 5.91 Å². The van der Waals surface area contributed by atoms with Crippen LogP contribution in [0, 0.1) is 25.2 Å². The monoisotopic (exact) mass is 384 g/mol. The van der Waals surface area contributed by atoms with Gasteiger partial charge in [-0.3, -0.25) is 14.8 Å². The van der Waals surface area contributed by atoms with Gasteiger partial charge in [-0.25, -0.2) is 0 Å². The molecule has 2 aromatic heterocycles. The van der Waals surface area contributed by atoms with E-state index in [1.54, 1.807) is 29.4 Å². The number of benzene rings is 1. The highest BCUT2D eigenvalue weighted by atomic mass is 16.2. The third-order valence-corrected chi connectivity index (χ3v) is 5.24. The zero-order valence-electron chi connectivity index (χ0n) is 17.2. The number of nitrogens with zero attached hydrogens (tertiary/aromatic N) is 4. The van der Waals surface area contributed by atoms with E-state index >= 15 is 0 Å². The zero-order valence-corrected chi connectivity index (χ0v) is 17.2. The van der Waals surface area contributed by atoms with Crippen molar-refractivity contribution in [1.29, 1.82) is 5.26 Å². The standard InChI is InChI=1S/C24H24N4O/c1-5-22(20-7-6-12-26-15-20)28(4)24(29)19-10-8-18(9-11-19)23-21(14-25)13-16(2)17(3)27-23/h6-13,15,22H,5H2,1-4H3/t22-/m0/s1. The summed E-state index contributed by atoms with van der Waals surface area (Å²) in [4.78, 5) is 23.5. The summed E-state index contributed by atoms with van der Waals surface area (Å²) in [6.07, 6.45) is 4.33. The minimum Gasteiger partial charge on any atom is -0.335 e. The van der Waals surface area contributed by atoms with Crippen LogP contribution in [0.25, 0.3) is 11.3 Å². The van der Waals surface area contributed by atoms with E-state index in [9.17, 15) is 10.1 Å². The Hall–Kier alpha value is -3.52. The smallest absolute Gasteiger partial charge is 0.254 e. The molecule has 0 unspecified atom stereocenters. The molecule has 3 rings (SSSR count). The van der Waals surface area contributed by atoms with Crippen LogP contribution in [0.3, 0.4) is 0 Å². The average molecular weight is 384 g/mol. The van der Waals surface area contributed by atoms with Crippen molar-refractivity contribution in [3.63, 3.8) is 0 Å². The van der Waals surface area contributed by atoms with Crippen molar-refractivity contribution < 1.29 is 4.79 Å². The highest BCUT2D eigenvalue weighted by Gasteiger charge is 2.21. The van der Waals surface area contributed by atoms with Gasteiger partial charge >= 0.3 is 0 Å². The maximum absolute atomic E-state index is 13.0. The van der Waals surface area contributed by atoms with E-state index in [1.165, 1.54) is 0 Å². The molecule has 1 amide bonds. The number of amides is 1. The molecule has 3 aromatic rings. The molecular formula is C24H24N4O. The number of hydrogen-bond donors (Lipinski definition) is 0. The molecule has 0 fully saturated rings. The SMILES string of the molecule is CC[C@@H](c1cccnc1)N(C)C(=O)c1ccc(-c2nc(C)c(C)cc2C#N)cc1. The van der Waals surface area contributed by atoms with Gasteiger partial charge in [0, 0.05) is 36.3 Å². The average Bonchev–Trinajstić information content (AvgIpc) is 2.76. The molecule has 1 atom stereocenters. The van der Waals surface area contributed by atoms with Crippen molar-refractivity contribution in [1.82, 2.24) is 14.9 Å². The van der Waals surface area contributed by atoms with E-state index in [0.29, 0.717) is 16.8 Å². The molecular weight excluding hydrogens is 360 g/mol. The summed E-state index contributed by atoms with van der Waals surface area (Å²) in [5.41, 5.74) is 5.49. The fraction of sp³-hybridized carbons (Fsp3) is 0.250. The molecule has 0 saturated heterocycles. The van der Waals surface area contributed by atoms with Gasteiger partial charge in [0.05, 0.1) is 17.3 Å². The Bertz CT molecular complexity index is 1050. The molecule has 5 nitrogen and oxygen atoms in total. The molecule has 29 heavy (non-hydrogen) atoms. The van der Waals surface area contributed by atoms with Crippen LogP contribution in [0.4, 0.5) is 0 Å². The van der Waals surface area contributed by atoms with Crippen molar-refractivity contribution in [3.05, 3.63) is 82.8 Å². The van der Waals surface area contributed by atoms with E-state index in [2.05, 4.69) is 23.0 Å². The Morgan fingerprint density at radius 2 is 1.93 bits per heavy atom. The molecule has 0 N–H and O–H groups in total. The van der Waals surface area contributed by atoms with Gasteiger partial charge in [-0.1, -0.05) is 25.1 Å². The number of aromatic nitrogens is 2. The summed E-state index contributed by atoms with van der Waals surface area (Å²) < 4.78 is 0. The molecule has 0 aliphatic rings. The van der Waals surface area contributed by atoms with Crippen LogP contribution in [0.15, 0.2) is 54.9 Å². The lowest BCUT2D eigenvalue weighted by atomic mass is 10.0. The van der Waals surface area contributed by atoms with Crippen LogP contribution >= 0.6 is 0 Å². The quantitative estimate of drug-likeness (QED) is 0.630. The number of carbonyl (C=O) groups excluding carboxylic acids is 1. The van der Waals surface area contributed by atoms with Crippen LogP contribution in [-0.2, 0) is 0 Å². The van der Waals surface area contributed by atoms with Gasteiger partial charge in [-0.05, 0) is 55.7 Å². The van der Waals surface area contributed by atoms with E-state index in [4.69, 9.17) is 0 Å². The first-order chi connectivity index (χ1) is 14.0. The van der Waals surface area contributed by atoms with Crippen LogP contribution in [0.1, 0.15) is 52.1 Å². The Balaban J connectivity index is 1.88. The van der Waals surface area contributed by atoms with Crippen LogP contribution in [-0.4, -0.2) is 27.8 Å². The van der Waals surface area contributed by atoms with Crippen molar-refractivity contribution in [2.45, 2.75) is 33.2 Å². The third kappa shape index (κ3) is 4.17. The molecule has 5 heteroatoms. The molecule has 0 saturated carbocycles. The number of aryl methyl sites for hydroxylation is 2. The molecule has 1 aromatic carbocycles. The molecule has 0 radical (unpaired) electrons. The molecule has 146 valence electrons. The largest absolute Gasteiger partial charge is 0.335 e. The van der Waals surface area contributed by atoms with Gasteiger partial charge in [-0.2, -0.15) is 5.26 Å². The number of nitriles is 1. The molecule has 0 aliphatic carbocycles. The maximum Gasteiger partial charge on any atom is 0.254 e. The lowest BCUT2D eigenvalue weighted by molar-refractivity contribution is 0.0726. The summed E-state index contributed by atoms with van der Waals surface area (Å²) in [5, 5.41) is 9.45. The number of carbonyl (C=O) groups is 1. The third-order valence-electron chi connectivity index (χ3n) is 5.24. The Morgan fingerprint density at radius 1 is 1.21 bits per heavy atom. The molecule has 0 spiro atoms. The first-order valence-electron chi connectivity index (χ1n) is 9.62. The lowest BCUT2D eigenvalue weighted by Crippen LogP contribution is -2.31. The van der Waals surface area contributed by atoms with Crippen LogP contribution in [0.5, 0.6) is 0 Å². The molecule has 0 aliphatic heterocycles. The van der Waals surface area contributed by atoms with Gasteiger partial charge < -0.3 is 4.90 Å². The number of rotatable bonds is 5. The minimum atomic E-state index is -0.0548. The summed E-state index contributed by atoms with van der Waals surface area (Å²) >= 11 is 0. The van der Waals surface area contributed by atoms with Crippen molar-refractivity contribution >= 4 is 5.91 Å². The molecule has 0 bridgehead atoms. The summed E-state index contributed by atoms with van der Waals surface area (Å²) in [7, 11) is 1.82. The predicted octanol–water partition coefficient (Wildman–Crippen LogP) is 4.86. The first-order valence-corrected chi connectivity index (χ1v) is 9.62. The van der Waals surface area contributed by atoms with Gasteiger partial charge in [0.15, 0.2) is 0 Å². The second-order valence-corrected chi connectivity index (χ2v) is 7.10. The normalized spacial score (nSPS) is 11.6. The summed E-state index contributed by atoms with van der Waals surface area (Å²) in [5.74, 6) is -0.0548. The van der Waals surface area contributed by atoms with Crippen molar-refractivity contribution in [2.75, 3.05) is 7.05 Å². The Morgan fingerprint density at radius 3 is 2.52 bits per heavy atom. The fourth-order valence-corrected chi connectivity index (χ4v) is 3.43. The minimum absolute atomic E-state index is 0.0394. The van der Waals surface area contributed by atoms with Gasteiger partial charge in [-0.15, -0.1) is 0 Å². The van der Waals surface area contributed by atoms with Gasteiger partial charge in [0.1, 0.15) is 6.07 Å². The van der Waals surface area contributed by atoms with Gasteiger partial charge in [0.2, 0.25) is 0 Å². The van der Waals surface area contributed by atoms with Crippen LogP contribution < -0.4 is 0 Å². The van der Waals surface area contributed by atoms with E-state index in [-0.39, 0.29) is 11.9 Å². The van der Waals surface area contributed by atoms with E-state index < -0.39 is 0 Å². The van der Waals surface area contributed by atoms with Crippen molar-refractivity contribution in [3.8, 4) is 17.3 Å². The second kappa shape index (κ2) is 8.66. The Kier molecular flexibility index (Phi) is 6.04. The summed E-state index contributed by atoms with van der Waals surface area (Å²) in [6, 6.07) is 15.2. The van der Waals surface area contributed by atoms with E-state index in [0.717, 1.165) is 28.8 Å². The second-order valence-electron chi connectivity index (χ2n) is 7.10. The van der Waals surface area contributed by atoms with E-state index in [1.807, 2.05) is 51.2 Å². The number of pyridine rings is 2. The van der Waals surface area contributed by atoms with Crippen LogP contribution in [0.2, 0.25) is 0 Å². The highest BCUT2D eigenvalue weighted by Crippen LogP contribution is 2.26. The zero-order chi connectivity index (χ0) is 21.0. The lowest BCUT2D eigenvalue weighted by Gasteiger charge is -2.27. The highest BCUT2D eigenvalue weighted by molar-refractivity contribution is 5.94. The molecule has 2 heterocycles. The predicted molar refractivity (Wildman–Crippen MR) is 113 cm³/mol. The first kappa shape index (κ1) is 20.2.